The van der Waals surface area contributed by atoms with E-state index in [1.54, 1.807) is 0 Å². The molecular formula is C25H26BrN5O2S2. The van der Waals surface area contributed by atoms with E-state index in [2.05, 4.69) is 49.4 Å². The molecule has 0 saturated carbocycles. The molecule has 1 unspecified atom stereocenters. The number of aryl methyl sites for hydroxylation is 2. The third-order valence-corrected chi connectivity index (χ3v) is 7.54. The zero-order valence-corrected chi connectivity index (χ0v) is 23.1. The van der Waals surface area contributed by atoms with E-state index in [4.69, 9.17) is 4.74 Å². The first-order chi connectivity index (χ1) is 16.8. The van der Waals surface area contributed by atoms with E-state index in [0.29, 0.717) is 16.8 Å². The molecule has 182 valence electrons. The van der Waals surface area contributed by atoms with E-state index in [1.807, 2.05) is 67.1 Å². The number of rotatable bonds is 9. The minimum absolute atomic E-state index is 0.140. The Morgan fingerprint density at radius 2 is 1.97 bits per heavy atom. The minimum Gasteiger partial charge on any atom is -0.482 e. The van der Waals surface area contributed by atoms with Crippen molar-refractivity contribution in [3.63, 3.8) is 0 Å². The average molecular weight is 573 g/mol. The highest BCUT2D eigenvalue weighted by Gasteiger charge is 2.20. The molecule has 1 amide bonds. The molecule has 0 saturated heterocycles. The van der Waals surface area contributed by atoms with E-state index < -0.39 is 0 Å². The Hall–Kier alpha value is -2.69. The van der Waals surface area contributed by atoms with Crippen LogP contribution in [0.25, 0.3) is 11.3 Å². The fourth-order valence-electron chi connectivity index (χ4n) is 3.55. The summed E-state index contributed by atoms with van der Waals surface area (Å²) in [7, 11) is 0. The van der Waals surface area contributed by atoms with Crippen LogP contribution in [0.4, 0.5) is 5.13 Å². The van der Waals surface area contributed by atoms with Gasteiger partial charge in [0.2, 0.25) is 5.91 Å². The lowest BCUT2D eigenvalue weighted by atomic mass is 10.1. The predicted octanol–water partition coefficient (Wildman–Crippen LogP) is 6.67. The van der Waals surface area contributed by atoms with Crippen molar-refractivity contribution in [3.8, 4) is 17.0 Å². The first-order valence-corrected chi connectivity index (χ1v) is 13.8. The van der Waals surface area contributed by atoms with Crippen molar-refractivity contribution in [3.05, 3.63) is 69.3 Å². The Balaban J connectivity index is 1.36. The van der Waals surface area contributed by atoms with Crippen LogP contribution in [0.3, 0.4) is 0 Å². The number of ether oxygens (including phenoxy) is 1. The van der Waals surface area contributed by atoms with Gasteiger partial charge in [-0.2, -0.15) is 0 Å². The van der Waals surface area contributed by atoms with Crippen LogP contribution in [-0.2, 0) is 11.3 Å². The highest BCUT2D eigenvalue weighted by atomic mass is 79.9. The molecule has 0 radical (unpaired) electrons. The summed E-state index contributed by atoms with van der Waals surface area (Å²) in [5.74, 6) is 1.62. The maximum atomic E-state index is 12.6. The third kappa shape index (κ3) is 6.31. The summed E-state index contributed by atoms with van der Waals surface area (Å²) in [6.07, 6.45) is -0.278. The summed E-state index contributed by atoms with van der Waals surface area (Å²) >= 11 is 6.19. The molecule has 2 aromatic carbocycles. The quantitative estimate of drug-likeness (QED) is 0.226. The Labute approximate surface area is 221 Å². The molecule has 2 aromatic heterocycles. The molecule has 0 fully saturated rings. The van der Waals surface area contributed by atoms with Gasteiger partial charge in [0.25, 0.3) is 0 Å². The van der Waals surface area contributed by atoms with Gasteiger partial charge in [0, 0.05) is 22.0 Å². The lowest BCUT2D eigenvalue weighted by molar-refractivity contribution is -0.113. The van der Waals surface area contributed by atoms with Gasteiger partial charge in [-0.3, -0.25) is 4.79 Å². The van der Waals surface area contributed by atoms with Crippen LogP contribution < -0.4 is 10.1 Å². The Morgan fingerprint density at radius 1 is 1.20 bits per heavy atom. The average Bonchev–Trinajstić information content (AvgIpc) is 3.47. The van der Waals surface area contributed by atoms with E-state index in [9.17, 15) is 4.79 Å². The SMILES string of the molecule is CCn1c(SCC(=O)Nc2nc(-c3ccc(Br)cc3)cs2)nnc1C(C)Oc1ccc(C)cc1C. The molecule has 0 aliphatic rings. The van der Waals surface area contributed by atoms with Gasteiger partial charge in [0.05, 0.1) is 11.4 Å². The zero-order chi connectivity index (χ0) is 24.9. The van der Waals surface area contributed by atoms with E-state index in [-0.39, 0.29) is 17.8 Å². The fraction of sp³-hybridized carbons (Fsp3) is 0.280. The third-order valence-electron chi connectivity index (χ3n) is 5.28. The molecule has 35 heavy (non-hydrogen) atoms. The maximum absolute atomic E-state index is 12.6. The summed E-state index contributed by atoms with van der Waals surface area (Å²) in [4.78, 5) is 17.1. The van der Waals surface area contributed by atoms with Crippen LogP contribution in [0.15, 0.2) is 57.5 Å². The second-order valence-corrected chi connectivity index (χ2v) is 10.7. The first-order valence-electron chi connectivity index (χ1n) is 11.1. The number of hydrogen-bond donors (Lipinski definition) is 1. The number of thioether (sulfide) groups is 1. The van der Waals surface area contributed by atoms with Gasteiger partial charge < -0.3 is 14.6 Å². The summed E-state index contributed by atoms with van der Waals surface area (Å²) in [6.45, 7) is 8.76. The van der Waals surface area contributed by atoms with Crippen LogP contribution in [0.1, 0.15) is 36.9 Å². The molecule has 2 heterocycles. The largest absolute Gasteiger partial charge is 0.482 e. The number of amides is 1. The summed E-state index contributed by atoms with van der Waals surface area (Å²) < 4.78 is 9.17. The number of thiazole rings is 1. The molecule has 0 aliphatic heterocycles. The van der Waals surface area contributed by atoms with Gasteiger partial charge in [0.15, 0.2) is 22.2 Å². The molecule has 7 nitrogen and oxygen atoms in total. The molecule has 0 bridgehead atoms. The van der Waals surface area contributed by atoms with Crippen molar-refractivity contribution in [2.45, 2.75) is 45.5 Å². The van der Waals surface area contributed by atoms with Gasteiger partial charge >= 0.3 is 0 Å². The van der Waals surface area contributed by atoms with Crippen molar-refractivity contribution in [2.24, 2.45) is 0 Å². The van der Waals surface area contributed by atoms with E-state index >= 15 is 0 Å². The second kappa shape index (κ2) is 11.4. The molecule has 10 heteroatoms. The number of nitrogens with one attached hydrogen (secondary N) is 1. The number of anilines is 1. The van der Waals surface area contributed by atoms with Gasteiger partial charge in [0.1, 0.15) is 5.75 Å². The monoisotopic (exact) mass is 571 g/mol. The first kappa shape index (κ1) is 25.4. The Bertz CT molecular complexity index is 1320. The predicted molar refractivity (Wildman–Crippen MR) is 145 cm³/mol. The van der Waals surface area contributed by atoms with Crippen molar-refractivity contribution in [1.29, 1.82) is 0 Å². The van der Waals surface area contributed by atoms with Crippen molar-refractivity contribution in [2.75, 3.05) is 11.1 Å². The molecule has 1 atom stereocenters. The van der Waals surface area contributed by atoms with Crippen LogP contribution in [0, 0.1) is 13.8 Å². The topological polar surface area (TPSA) is 81.9 Å². The molecule has 4 aromatic rings. The highest BCUT2D eigenvalue weighted by molar-refractivity contribution is 9.10. The van der Waals surface area contributed by atoms with Crippen LogP contribution in [-0.4, -0.2) is 31.4 Å². The molecule has 4 rings (SSSR count). The zero-order valence-electron chi connectivity index (χ0n) is 19.9. The van der Waals surface area contributed by atoms with Gasteiger partial charge in [-0.15, -0.1) is 21.5 Å². The van der Waals surface area contributed by atoms with Crippen molar-refractivity contribution < 1.29 is 9.53 Å². The number of halogens is 1. The highest BCUT2D eigenvalue weighted by Crippen LogP contribution is 2.28. The van der Waals surface area contributed by atoms with Gasteiger partial charge in [-0.25, -0.2) is 4.98 Å². The van der Waals surface area contributed by atoms with Crippen LogP contribution in [0.2, 0.25) is 0 Å². The number of aromatic nitrogens is 4. The number of carbonyl (C=O) groups is 1. The second-order valence-electron chi connectivity index (χ2n) is 8.00. The van der Waals surface area contributed by atoms with E-state index in [0.717, 1.165) is 32.9 Å². The number of nitrogens with zero attached hydrogens (tertiary/aromatic N) is 4. The van der Waals surface area contributed by atoms with Gasteiger partial charge in [-0.1, -0.05) is 57.5 Å². The summed E-state index contributed by atoms with van der Waals surface area (Å²) in [5, 5.41) is 14.7. The van der Waals surface area contributed by atoms with E-state index in [1.165, 1.54) is 28.7 Å². The maximum Gasteiger partial charge on any atom is 0.236 e. The van der Waals surface area contributed by atoms with Crippen LogP contribution in [0.5, 0.6) is 5.75 Å². The fourth-order valence-corrected chi connectivity index (χ4v) is 5.36. The summed E-state index contributed by atoms with van der Waals surface area (Å²) in [5.41, 5.74) is 4.10. The van der Waals surface area contributed by atoms with Gasteiger partial charge in [-0.05, 0) is 51.5 Å². The molecule has 0 spiro atoms. The Morgan fingerprint density at radius 3 is 2.69 bits per heavy atom. The minimum atomic E-state index is -0.278. The molecule has 0 aliphatic carbocycles. The lowest BCUT2D eigenvalue weighted by Crippen LogP contribution is -2.15. The molecule has 1 N–H and O–H groups in total. The lowest BCUT2D eigenvalue weighted by Gasteiger charge is -2.17. The number of benzene rings is 2. The van der Waals surface area contributed by atoms with Crippen molar-refractivity contribution in [1.82, 2.24) is 19.7 Å². The summed E-state index contributed by atoms with van der Waals surface area (Å²) in [6, 6.07) is 14.0. The Kier molecular flexibility index (Phi) is 8.25. The normalized spacial score (nSPS) is 11.9. The van der Waals surface area contributed by atoms with Crippen molar-refractivity contribution >= 4 is 50.1 Å². The number of hydrogen-bond acceptors (Lipinski definition) is 7. The molecular weight excluding hydrogens is 546 g/mol. The standard InChI is InChI=1S/C25H26BrN5O2S2/c1-5-31-23(17(4)33-21-11-6-15(2)12-16(21)3)29-30-25(31)35-14-22(32)28-24-27-20(13-34-24)18-7-9-19(26)10-8-18/h6-13,17H,5,14H2,1-4H3,(H,27,28,32). The van der Waals surface area contributed by atoms with Crippen LogP contribution >= 0.6 is 39.0 Å². The smallest absolute Gasteiger partial charge is 0.236 e. The number of carbonyl (C=O) groups excluding carboxylic acids is 1.